The SMILES string of the molecule is O=C1CS/C(=N\N=C2\SC(CC(=O)c3ccccc3)C(=O)N2Cc2ccco2)N1. The van der Waals surface area contributed by atoms with Gasteiger partial charge in [0.15, 0.2) is 16.1 Å². The zero-order valence-corrected chi connectivity index (χ0v) is 16.7. The molecule has 29 heavy (non-hydrogen) atoms. The molecule has 2 aliphatic rings. The van der Waals surface area contributed by atoms with Gasteiger partial charge in [-0.25, -0.2) is 0 Å². The van der Waals surface area contributed by atoms with Crippen LogP contribution >= 0.6 is 23.5 Å². The third-order valence-corrected chi connectivity index (χ3v) is 6.22. The summed E-state index contributed by atoms with van der Waals surface area (Å²) in [4.78, 5) is 38.3. The number of ketones is 1. The Balaban J connectivity index is 1.54. The molecule has 8 nitrogen and oxygen atoms in total. The minimum Gasteiger partial charge on any atom is -0.467 e. The van der Waals surface area contributed by atoms with Crippen LogP contribution in [0.2, 0.25) is 0 Å². The Labute approximate surface area is 174 Å². The van der Waals surface area contributed by atoms with E-state index in [1.54, 1.807) is 36.4 Å². The molecular formula is C19H16N4O4S2. The minimum atomic E-state index is -0.595. The van der Waals surface area contributed by atoms with Crippen LogP contribution in [0.25, 0.3) is 0 Å². The summed E-state index contributed by atoms with van der Waals surface area (Å²) in [6.07, 6.45) is 1.59. The summed E-state index contributed by atoms with van der Waals surface area (Å²) in [6.45, 7) is 0.193. The van der Waals surface area contributed by atoms with Gasteiger partial charge in [-0.3, -0.25) is 19.3 Å². The number of hydrogen-bond acceptors (Lipinski definition) is 8. The van der Waals surface area contributed by atoms with Crippen LogP contribution in [0.3, 0.4) is 0 Å². The van der Waals surface area contributed by atoms with Crippen molar-refractivity contribution in [3.63, 3.8) is 0 Å². The molecule has 3 heterocycles. The van der Waals surface area contributed by atoms with Gasteiger partial charge < -0.3 is 9.73 Å². The molecule has 1 aromatic carbocycles. The molecule has 1 unspecified atom stereocenters. The maximum Gasteiger partial charge on any atom is 0.243 e. The van der Waals surface area contributed by atoms with Crippen molar-refractivity contribution >= 4 is 51.5 Å². The average Bonchev–Trinajstić information content (AvgIpc) is 3.45. The minimum absolute atomic E-state index is 0.0588. The molecule has 4 rings (SSSR count). The number of amidine groups is 2. The molecule has 2 amide bonds. The van der Waals surface area contributed by atoms with Crippen molar-refractivity contribution in [2.75, 3.05) is 5.75 Å². The Kier molecular flexibility index (Phi) is 5.81. The van der Waals surface area contributed by atoms with Gasteiger partial charge in [-0.05, 0) is 12.1 Å². The molecule has 1 aromatic heterocycles. The van der Waals surface area contributed by atoms with E-state index in [-0.39, 0.29) is 30.6 Å². The van der Waals surface area contributed by atoms with Crippen molar-refractivity contribution < 1.29 is 18.8 Å². The fourth-order valence-corrected chi connectivity index (χ4v) is 4.51. The van der Waals surface area contributed by atoms with Crippen LogP contribution in [0.5, 0.6) is 0 Å². The summed E-state index contributed by atoms with van der Waals surface area (Å²) in [5.41, 5.74) is 0.564. The first-order chi connectivity index (χ1) is 14.1. The second-order valence-corrected chi connectivity index (χ2v) is 8.36. The van der Waals surface area contributed by atoms with Gasteiger partial charge in [0.25, 0.3) is 0 Å². The maximum absolute atomic E-state index is 13.0. The summed E-state index contributed by atoms with van der Waals surface area (Å²) in [7, 11) is 0. The molecule has 148 valence electrons. The lowest BCUT2D eigenvalue weighted by atomic mass is 10.1. The van der Waals surface area contributed by atoms with Gasteiger partial charge in [-0.2, -0.15) is 0 Å². The Bertz CT molecular complexity index is 989. The van der Waals surface area contributed by atoms with Crippen molar-refractivity contribution in [1.82, 2.24) is 10.2 Å². The number of nitrogens with zero attached hydrogens (tertiary/aromatic N) is 3. The van der Waals surface area contributed by atoms with Gasteiger partial charge in [0, 0.05) is 12.0 Å². The lowest BCUT2D eigenvalue weighted by Crippen LogP contribution is -2.32. The summed E-state index contributed by atoms with van der Waals surface area (Å²) in [5, 5.41) is 11.0. The third kappa shape index (κ3) is 4.60. The van der Waals surface area contributed by atoms with Gasteiger partial charge in [0.1, 0.15) is 5.76 Å². The second kappa shape index (κ2) is 8.66. The normalized spacial score (nSPS) is 21.9. The van der Waals surface area contributed by atoms with Gasteiger partial charge >= 0.3 is 0 Å². The first-order valence-electron chi connectivity index (χ1n) is 8.77. The van der Waals surface area contributed by atoms with E-state index in [1.165, 1.54) is 34.7 Å². The van der Waals surface area contributed by atoms with Crippen LogP contribution in [-0.2, 0) is 16.1 Å². The van der Waals surface area contributed by atoms with Crippen molar-refractivity contribution in [1.29, 1.82) is 0 Å². The quantitative estimate of drug-likeness (QED) is 0.560. The van der Waals surface area contributed by atoms with E-state index in [9.17, 15) is 14.4 Å². The summed E-state index contributed by atoms with van der Waals surface area (Å²) >= 11 is 2.44. The molecule has 2 saturated heterocycles. The molecule has 2 aromatic rings. The molecular weight excluding hydrogens is 412 g/mol. The zero-order chi connectivity index (χ0) is 20.2. The standard InChI is InChI=1S/C19H16N4O4S2/c24-14(12-5-2-1-3-6-12)9-15-17(26)23(10-13-7-4-8-27-13)19(29-15)22-21-18-20-16(25)11-28-18/h1-8,15H,9-11H2,(H,20,21,25)/b22-19+. The van der Waals surface area contributed by atoms with E-state index in [1.807, 2.05) is 6.07 Å². The van der Waals surface area contributed by atoms with Crippen LogP contribution < -0.4 is 5.32 Å². The van der Waals surface area contributed by atoms with Gasteiger partial charge in [-0.1, -0.05) is 53.9 Å². The highest BCUT2D eigenvalue weighted by Gasteiger charge is 2.40. The number of thioether (sulfide) groups is 2. The molecule has 0 saturated carbocycles. The van der Waals surface area contributed by atoms with E-state index >= 15 is 0 Å². The molecule has 0 radical (unpaired) electrons. The molecule has 0 spiro atoms. The molecule has 2 fully saturated rings. The fourth-order valence-electron chi connectivity index (χ4n) is 2.80. The number of carbonyl (C=O) groups excluding carboxylic acids is 3. The van der Waals surface area contributed by atoms with Crippen LogP contribution in [0.4, 0.5) is 0 Å². The predicted molar refractivity (Wildman–Crippen MR) is 111 cm³/mol. The van der Waals surface area contributed by atoms with E-state index in [0.717, 1.165) is 0 Å². The van der Waals surface area contributed by atoms with Gasteiger partial charge in [0.2, 0.25) is 11.8 Å². The van der Waals surface area contributed by atoms with Crippen LogP contribution in [0, 0.1) is 0 Å². The molecule has 1 N–H and O–H groups in total. The van der Waals surface area contributed by atoms with Gasteiger partial charge in [0.05, 0.1) is 23.8 Å². The topological polar surface area (TPSA) is 104 Å². The van der Waals surface area contributed by atoms with Crippen molar-refractivity contribution in [2.45, 2.75) is 18.2 Å². The van der Waals surface area contributed by atoms with Crippen molar-refractivity contribution in [3.8, 4) is 0 Å². The van der Waals surface area contributed by atoms with E-state index in [4.69, 9.17) is 4.42 Å². The van der Waals surface area contributed by atoms with E-state index in [0.29, 0.717) is 27.4 Å². The highest BCUT2D eigenvalue weighted by Crippen LogP contribution is 2.32. The number of furan rings is 1. The molecule has 0 bridgehead atoms. The molecule has 1 atom stereocenters. The average molecular weight is 428 g/mol. The number of rotatable bonds is 6. The third-order valence-electron chi connectivity index (χ3n) is 4.19. The maximum atomic E-state index is 13.0. The molecule has 0 aliphatic carbocycles. The Morgan fingerprint density at radius 3 is 2.69 bits per heavy atom. The first-order valence-corrected chi connectivity index (χ1v) is 10.6. The lowest BCUT2D eigenvalue weighted by Gasteiger charge is -2.14. The number of amides is 2. The lowest BCUT2D eigenvalue weighted by molar-refractivity contribution is -0.126. The monoisotopic (exact) mass is 428 g/mol. The van der Waals surface area contributed by atoms with Crippen LogP contribution in [0.15, 0.2) is 63.3 Å². The smallest absolute Gasteiger partial charge is 0.243 e. The summed E-state index contributed by atoms with van der Waals surface area (Å²) in [6, 6.07) is 12.4. The van der Waals surface area contributed by atoms with Crippen molar-refractivity contribution in [2.24, 2.45) is 10.2 Å². The second-order valence-electron chi connectivity index (χ2n) is 6.23. The Hall–Kier alpha value is -2.85. The van der Waals surface area contributed by atoms with Gasteiger partial charge in [-0.15, -0.1) is 10.2 Å². The number of Topliss-reactive ketones (excluding diaryl/α,β-unsaturated/α-hetero) is 1. The highest BCUT2D eigenvalue weighted by atomic mass is 32.2. The highest BCUT2D eigenvalue weighted by molar-refractivity contribution is 8.15. The van der Waals surface area contributed by atoms with Crippen molar-refractivity contribution in [3.05, 3.63) is 60.1 Å². The predicted octanol–water partition coefficient (Wildman–Crippen LogP) is 2.49. The first kappa shape index (κ1) is 19.5. The van der Waals surface area contributed by atoms with Crippen LogP contribution in [-0.4, -0.2) is 43.8 Å². The summed E-state index contributed by atoms with van der Waals surface area (Å²) < 4.78 is 5.35. The van der Waals surface area contributed by atoms with Crippen LogP contribution in [0.1, 0.15) is 22.5 Å². The number of carbonyl (C=O) groups is 3. The van der Waals surface area contributed by atoms with E-state index < -0.39 is 5.25 Å². The fraction of sp³-hybridized carbons (Fsp3) is 0.211. The summed E-state index contributed by atoms with van der Waals surface area (Å²) in [5.74, 6) is 0.416. The number of nitrogens with one attached hydrogen (secondary N) is 1. The Morgan fingerprint density at radius 2 is 2.00 bits per heavy atom. The molecule has 2 aliphatic heterocycles. The van der Waals surface area contributed by atoms with E-state index in [2.05, 4.69) is 15.5 Å². The Morgan fingerprint density at radius 1 is 1.17 bits per heavy atom. The molecule has 10 heteroatoms. The number of hydrogen-bond donors (Lipinski definition) is 1. The number of benzene rings is 1. The zero-order valence-electron chi connectivity index (χ0n) is 15.1. The largest absolute Gasteiger partial charge is 0.467 e.